The molecule has 0 atom stereocenters. The molecular weight excluding hydrogens is 314 g/mol. The minimum atomic E-state index is -0.670. The van der Waals surface area contributed by atoms with Crippen LogP contribution in [0.15, 0.2) is 10.9 Å². The van der Waals surface area contributed by atoms with Crippen molar-refractivity contribution in [1.29, 1.82) is 0 Å². The monoisotopic (exact) mass is 335 g/mol. The number of aromatic nitrogens is 1. The molecule has 1 heterocycles. The van der Waals surface area contributed by atoms with Gasteiger partial charge in [0, 0.05) is 0 Å². The van der Waals surface area contributed by atoms with E-state index >= 15 is 0 Å². The molecule has 0 amide bonds. The average molecular weight is 335 g/mol. The van der Waals surface area contributed by atoms with Crippen LogP contribution in [0.2, 0.25) is 0 Å². The Kier molecular flexibility index (Phi) is 5.33. The highest BCUT2D eigenvalue weighted by Gasteiger charge is 2.24. The van der Waals surface area contributed by atoms with Crippen LogP contribution in [0, 0.1) is 0 Å². The van der Waals surface area contributed by atoms with E-state index in [1.165, 1.54) is 21.3 Å². The quantitative estimate of drug-likeness (QED) is 0.815. The maximum atomic E-state index is 12.8. The molecule has 7 nitrogen and oxygen atoms in total. The summed E-state index contributed by atoms with van der Waals surface area (Å²) in [4.78, 5) is 28.0. The normalized spacial score (nSPS) is 10.5. The van der Waals surface area contributed by atoms with E-state index < -0.39 is 11.4 Å². The molecule has 0 unspecified atom stereocenters. The first-order chi connectivity index (χ1) is 11.5. The lowest BCUT2D eigenvalue weighted by Gasteiger charge is -2.16. The number of fused-ring (bicyclic) bond motifs is 1. The van der Waals surface area contributed by atoms with Gasteiger partial charge in [-0.25, -0.2) is 4.79 Å². The Hall–Kier alpha value is -2.70. The molecule has 2 rings (SSSR count). The third-order valence-corrected chi connectivity index (χ3v) is 3.72. The number of pyridine rings is 1. The third kappa shape index (κ3) is 2.77. The fourth-order valence-electron chi connectivity index (χ4n) is 2.65. The van der Waals surface area contributed by atoms with E-state index in [4.69, 9.17) is 18.9 Å². The molecule has 0 bridgehead atoms. The lowest BCUT2D eigenvalue weighted by atomic mass is 10.0. The van der Waals surface area contributed by atoms with Gasteiger partial charge in [0.15, 0.2) is 11.4 Å². The van der Waals surface area contributed by atoms with Crippen LogP contribution in [0.25, 0.3) is 10.9 Å². The Labute approximate surface area is 139 Å². The molecular formula is C17H21NO6. The number of ether oxygens (including phenoxy) is 4. The molecule has 0 saturated heterocycles. The first-order valence-corrected chi connectivity index (χ1v) is 7.58. The standard InChI is InChI=1S/C17H21NO6/c1-6-9-8-10(21-3)11-12(15(9)22-4)18-13(17(20)24-7-2)16(23-5)14(11)19/h8H,6-7H2,1-5H3,(H,18,19). The number of rotatable bonds is 6. The van der Waals surface area contributed by atoms with Crippen LogP contribution < -0.4 is 19.6 Å². The SMILES string of the molecule is CCOC(=O)c1[nH]c2c(OC)c(CC)cc(OC)c2c(=O)c1OC. The fourth-order valence-corrected chi connectivity index (χ4v) is 2.65. The van der Waals surface area contributed by atoms with E-state index in [9.17, 15) is 9.59 Å². The van der Waals surface area contributed by atoms with Crippen molar-refractivity contribution in [2.24, 2.45) is 0 Å². The number of carbonyl (C=O) groups excluding carboxylic acids is 1. The smallest absolute Gasteiger partial charge is 0.358 e. The van der Waals surface area contributed by atoms with Crippen LogP contribution in [-0.2, 0) is 11.2 Å². The topological polar surface area (TPSA) is 86.9 Å². The minimum Gasteiger partial charge on any atom is -0.496 e. The van der Waals surface area contributed by atoms with E-state index in [-0.39, 0.29) is 23.4 Å². The van der Waals surface area contributed by atoms with Gasteiger partial charge in [0.25, 0.3) is 0 Å². The van der Waals surface area contributed by atoms with E-state index in [1.807, 2.05) is 6.92 Å². The van der Waals surface area contributed by atoms with Gasteiger partial charge in [-0.05, 0) is 25.0 Å². The number of benzene rings is 1. The van der Waals surface area contributed by atoms with Crippen LogP contribution in [0.1, 0.15) is 29.9 Å². The molecule has 0 fully saturated rings. The van der Waals surface area contributed by atoms with E-state index in [2.05, 4.69) is 4.98 Å². The summed E-state index contributed by atoms with van der Waals surface area (Å²) < 4.78 is 20.9. The van der Waals surface area contributed by atoms with Crippen molar-refractivity contribution in [2.75, 3.05) is 27.9 Å². The molecule has 130 valence electrons. The number of carbonyl (C=O) groups is 1. The Balaban J connectivity index is 2.98. The molecule has 1 aromatic heterocycles. The summed E-state index contributed by atoms with van der Waals surface area (Å²) in [5.74, 6) is 0.0815. The zero-order valence-electron chi connectivity index (χ0n) is 14.4. The van der Waals surface area contributed by atoms with Gasteiger partial charge in [0.2, 0.25) is 5.43 Å². The maximum absolute atomic E-state index is 12.8. The molecule has 24 heavy (non-hydrogen) atoms. The highest BCUT2D eigenvalue weighted by molar-refractivity contribution is 5.98. The van der Waals surface area contributed by atoms with Gasteiger partial charge < -0.3 is 23.9 Å². The van der Waals surface area contributed by atoms with Gasteiger partial charge in [-0.15, -0.1) is 0 Å². The first-order valence-electron chi connectivity index (χ1n) is 7.58. The summed E-state index contributed by atoms with van der Waals surface area (Å²) in [5, 5.41) is 0.261. The molecule has 1 N–H and O–H groups in total. The number of aryl methyl sites for hydroxylation is 1. The summed E-state index contributed by atoms with van der Waals surface area (Å²) in [7, 11) is 4.31. The first kappa shape index (κ1) is 17.7. The lowest BCUT2D eigenvalue weighted by Crippen LogP contribution is -2.18. The van der Waals surface area contributed by atoms with Crippen molar-refractivity contribution in [3.8, 4) is 17.2 Å². The summed E-state index contributed by atoms with van der Waals surface area (Å²) >= 11 is 0. The second-order valence-electron chi connectivity index (χ2n) is 4.96. The van der Waals surface area contributed by atoms with Crippen LogP contribution in [0.3, 0.4) is 0 Å². The predicted octanol–water partition coefficient (Wildman–Crippen LogP) is 2.29. The van der Waals surface area contributed by atoms with Crippen molar-refractivity contribution in [1.82, 2.24) is 4.98 Å². The van der Waals surface area contributed by atoms with Gasteiger partial charge in [0.1, 0.15) is 11.5 Å². The number of methoxy groups -OCH3 is 3. The van der Waals surface area contributed by atoms with Crippen molar-refractivity contribution < 1.29 is 23.7 Å². The Morgan fingerprint density at radius 1 is 1.08 bits per heavy atom. The van der Waals surface area contributed by atoms with Gasteiger partial charge in [0.05, 0.1) is 38.8 Å². The molecule has 7 heteroatoms. The van der Waals surface area contributed by atoms with Crippen molar-refractivity contribution in [3.05, 3.63) is 27.5 Å². The van der Waals surface area contributed by atoms with E-state index in [1.54, 1.807) is 13.0 Å². The van der Waals surface area contributed by atoms with Gasteiger partial charge in [-0.2, -0.15) is 0 Å². The second-order valence-corrected chi connectivity index (χ2v) is 4.96. The molecule has 0 radical (unpaired) electrons. The molecule has 0 aliphatic rings. The Morgan fingerprint density at radius 2 is 1.75 bits per heavy atom. The Morgan fingerprint density at radius 3 is 2.25 bits per heavy atom. The average Bonchev–Trinajstić information content (AvgIpc) is 2.59. The summed E-state index contributed by atoms with van der Waals surface area (Å²) in [6.07, 6.45) is 0.665. The van der Waals surface area contributed by atoms with Crippen molar-refractivity contribution >= 4 is 16.9 Å². The van der Waals surface area contributed by atoms with Crippen LogP contribution in [-0.4, -0.2) is 38.9 Å². The summed E-state index contributed by atoms with van der Waals surface area (Å²) in [6.45, 7) is 3.82. The number of hydrogen-bond donors (Lipinski definition) is 1. The number of nitrogens with one attached hydrogen (secondary N) is 1. The molecule has 0 spiro atoms. The van der Waals surface area contributed by atoms with Gasteiger partial charge >= 0.3 is 5.97 Å². The van der Waals surface area contributed by atoms with E-state index in [0.717, 1.165) is 5.56 Å². The number of aromatic amines is 1. The molecule has 2 aromatic rings. The van der Waals surface area contributed by atoms with Gasteiger partial charge in [-0.1, -0.05) is 6.92 Å². The highest BCUT2D eigenvalue weighted by Crippen LogP contribution is 2.35. The van der Waals surface area contributed by atoms with Crippen LogP contribution in [0.5, 0.6) is 17.2 Å². The molecule has 1 aromatic carbocycles. The fraction of sp³-hybridized carbons (Fsp3) is 0.412. The summed E-state index contributed by atoms with van der Waals surface area (Å²) in [5.41, 5.74) is 0.706. The third-order valence-electron chi connectivity index (χ3n) is 3.72. The van der Waals surface area contributed by atoms with E-state index in [0.29, 0.717) is 23.4 Å². The number of hydrogen-bond acceptors (Lipinski definition) is 6. The number of H-pyrrole nitrogens is 1. The molecule has 0 aliphatic carbocycles. The largest absolute Gasteiger partial charge is 0.496 e. The van der Waals surface area contributed by atoms with Crippen LogP contribution >= 0.6 is 0 Å². The van der Waals surface area contributed by atoms with Crippen molar-refractivity contribution in [3.63, 3.8) is 0 Å². The highest BCUT2D eigenvalue weighted by atomic mass is 16.5. The molecule has 0 aliphatic heterocycles. The summed E-state index contributed by atoms with van der Waals surface area (Å²) in [6, 6.07) is 1.75. The lowest BCUT2D eigenvalue weighted by molar-refractivity contribution is 0.0515. The maximum Gasteiger partial charge on any atom is 0.358 e. The van der Waals surface area contributed by atoms with Crippen molar-refractivity contribution in [2.45, 2.75) is 20.3 Å². The van der Waals surface area contributed by atoms with Crippen LogP contribution in [0.4, 0.5) is 0 Å². The minimum absolute atomic E-state index is 0.0505. The predicted molar refractivity (Wildman–Crippen MR) is 89.6 cm³/mol. The number of esters is 1. The zero-order valence-corrected chi connectivity index (χ0v) is 14.4. The Bertz CT molecular complexity index is 824. The second kappa shape index (κ2) is 7.25. The van der Waals surface area contributed by atoms with Gasteiger partial charge in [-0.3, -0.25) is 4.79 Å². The zero-order chi connectivity index (χ0) is 17.9. The molecule has 0 saturated carbocycles.